The fraction of sp³-hybridized carbons (Fsp3) is 0. The molecule has 1 heterocycles. The van der Waals surface area contributed by atoms with Crippen LogP contribution in [-0.4, -0.2) is 0 Å². The standard InChI is InChI=1S/C44H28O/c1-3-15-29(16-4-1)32-19-7-8-20-33(32)43-36-23-11-9-21-34(36)42(35-22-10-12-24-37(35)43)31-27-39(30-17-5-2-6-18-30)44-38-25-13-14-26-40(38)45-41(44)28-31/h1-28H/i2D,5D,6D,13D,14D,17D,18D,25D,26D,27D,28D. The summed E-state index contributed by atoms with van der Waals surface area (Å²) in [5, 5.41) is 2.74. The van der Waals surface area contributed by atoms with Crippen molar-refractivity contribution in [2.24, 2.45) is 0 Å². The first-order chi connectivity index (χ1) is 26.9. The zero-order valence-corrected chi connectivity index (χ0v) is 23.7. The highest BCUT2D eigenvalue weighted by molar-refractivity contribution is 6.23. The van der Waals surface area contributed by atoms with Crippen LogP contribution < -0.4 is 0 Å². The average molecular weight is 584 g/mol. The molecule has 0 saturated heterocycles. The topological polar surface area (TPSA) is 13.1 Å². The third-order valence-electron chi connectivity index (χ3n) is 8.29. The summed E-state index contributed by atoms with van der Waals surface area (Å²) in [4.78, 5) is 0. The lowest BCUT2D eigenvalue weighted by Gasteiger charge is -2.20. The summed E-state index contributed by atoms with van der Waals surface area (Å²) in [6.45, 7) is 0. The fourth-order valence-corrected chi connectivity index (χ4v) is 6.43. The monoisotopic (exact) mass is 583 g/mol. The molecular weight excluding hydrogens is 544 g/mol. The Kier molecular flexibility index (Phi) is 3.87. The van der Waals surface area contributed by atoms with Gasteiger partial charge in [-0.05, 0) is 84.2 Å². The van der Waals surface area contributed by atoms with Gasteiger partial charge >= 0.3 is 0 Å². The lowest BCUT2D eigenvalue weighted by atomic mass is 9.83. The van der Waals surface area contributed by atoms with E-state index in [1.807, 2.05) is 78.9 Å². The van der Waals surface area contributed by atoms with Gasteiger partial charge in [0.2, 0.25) is 0 Å². The maximum absolute atomic E-state index is 9.99. The molecule has 0 aliphatic heterocycles. The van der Waals surface area contributed by atoms with Gasteiger partial charge in [-0.15, -0.1) is 0 Å². The molecule has 0 fully saturated rings. The Balaban J connectivity index is 1.51. The van der Waals surface area contributed by atoms with Crippen LogP contribution >= 0.6 is 0 Å². The summed E-state index contributed by atoms with van der Waals surface area (Å²) in [6.07, 6.45) is 0. The highest BCUT2D eigenvalue weighted by atomic mass is 16.3. The number of para-hydroxylation sites is 1. The van der Waals surface area contributed by atoms with E-state index in [2.05, 4.69) is 24.3 Å². The molecule has 0 saturated carbocycles. The summed E-state index contributed by atoms with van der Waals surface area (Å²) in [5.41, 5.74) is 3.43. The average Bonchev–Trinajstić information content (AvgIpc) is 3.63. The molecule has 0 aliphatic carbocycles. The van der Waals surface area contributed by atoms with E-state index in [1.54, 1.807) is 0 Å². The van der Waals surface area contributed by atoms with E-state index in [0.717, 1.165) is 33.0 Å². The van der Waals surface area contributed by atoms with Gasteiger partial charge in [-0.25, -0.2) is 0 Å². The molecule has 0 unspecified atom stereocenters. The largest absolute Gasteiger partial charge is 0.456 e. The maximum Gasteiger partial charge on any atom is 0.136 e. The summed E-state index contributed by atoms with van der Waals surface area (Å²) >= 11 is 0. The predicted molar refractivity (Wildman–Crippen MR) is 190 cm³/mol. The van der Waals surface area contributed by atoms with Gasteiger partial charge in [-0.3, -0.25) is 0 Å². The van der Waals surface area contributed by atoms with Crippen molar-refractivity contribution in [1.29, 1.82) is 0 Å². The van der Waals surface area contributed by atoms with E-state index >= 15 is 0 Å². The number of hydrogen-bond acceptors (Lipinski definition) is 1. The zero-order chi connectivity index (χ0) is 39.3. The van der Waals surface area contributed by atoms with Gasteiger partial charge in [0.15, 0.2) is 0 Å². The van der Waals surface area contributed by atoms with Crippen LogP contribution in [0.15, 0.2) is 174 Å². The van der Waals surface area contributed by atoms with Crippen LogP contribution in [0.2, 0.25) is 0 Å². The van der Waals surface area contributed by atoms with Gasteiger partial charge in [0.05, 0.1) is 15.1 Å². The number of rotatable bonds is 4. The van der Waals surface area contributed by atoms with Crippen LogP contribution in [0.3, 0.4) is 0 Å². The molecular formula is C44H28O. The van der Waals surface area contributed by atoms with E-state index in [-0.39, 0.29) is 50.7 Å². The minimum absolute atomic E-state index is 0.0453. The first-order valence-corrected chi connectivity index (χ1v) is 14.6. The molecule has 9 aromatic rings. The normalized spacial score (nSPS) is 15.0. The van der Waals surface area contributed by atoms with Crippen molar-refractivity contribution in [2.75, 3.05) is 0 Å². The van der Waals surface area contributed by atoms with Crippen LogP contribution in [0.25, 0.3) is 88.0 Å². The quantitative estimate of drug-likeness (QED) is 0.188. The van der Waals surface area contributed by atoms with Crippen molar-refractivity contribution in [3.05, 3.63) is 170 Å². The minimum Gasteiger partial charge on any atom is -0.456 e. The van der Waals surface area contributed by atoms with Crippen molar-refractivity contribution in [1.82, 2.24) is 0 Å². The van der Waals surface area contributed by atoms with Crippen molar-refractivity contribution in [3.63, 3.8) is 0 Å². The number of benzene rings is 8. The third kappa shape index (κ3) is 4.09. The highest BCUT2D eigenvalue weighted by Gasteiger charge is 2.21. The lowest BCUT2D eigenvalue weighted by Crippen LogP contribution is -1.93. The molecule has 0 aliphatic rings. The molecule has 1 nitrogen and oxygen atoms in total. The molecule has 1 heteroatoms. The van der Waals surface area contributed by atoms with Crippen LogP contribution in [0.4, 0.5) is 0 Å². The van der Waals surface area contributed by atoms with E-state index in [4.69, 9.17) is 16.8 Å². The number of hydrogen-bond donors (Lipinski definition) is 0. The van der Waals surface area contributed by atoms with E-state index in [1.165, 1.54) is 0 Å². The summed E-state index contributed by atoms with van der Waals surface area (Å²) < 4.78 is 104. The fourth-order valence-electron chi connectivity index (χ4n) is 6.43. The molecule has 45 heavy (non-hydrogen) atoms. The first-order valence-electron chi connectivity index (χ1n) is 20.1. The molecule has 0 radical (unpaired) electrons. The van der Waals surface area contributed by atoms with Crippen LogP contribution in [0, 0.1) is 0 Å². The highest BCUT2D eigenvalue weighted by Crippen LogP contribution is 2.48. The predicted octanol–water partition coefficient (Wildman–Crippen LogP) is 12.6. The van der Waals surface area contributed by atoms with Crippen LogP contribution in [-0.2, 0) is 0 Å². The molecule has 8 aromatic carbocycles. The molecule has 0 atom stereocenters. The van der Waals surface area contributed by atoms with Gasteiger partial charge in [0.1, 0.15) is 11.2 Å². The zero-order valence-electron chi connectivity index (χ0n) is 34.7. The van der Waals surface area contributed by atoms with Crippen LogP contribution in [0.1, 0.15) is 15.1 Å². The molecule has 1 aromatic heterocycles. The lowest BCUT2D eigenvalue weighted by molar-refractivity contribution is 0.669. The number of furan rings is 1. The van der Waals surface area contributed by atoms with E-state index in [0.29, 0.717) is 16.3 Å². The maximum atomic E-state index is 9.99. The Bertz CT molecular complexity index is 3070. The molecule has 0 spiro atoms. The second kappa shape index (κ2) is 10.4. The van der Waals surface area contributed by atoms with Gasteiger partial charge < -0.3 is 4.42 Å². The summed E-state index contributed by atoms with van der Waals surface area (Å²) in [7, 11) is 0. The van der Waals surface area contributed by atoms with Crippen molar-refractivity contribution in [3.8, 4) is 44.5 Å². The van der Waals surface area contributed by atoms with Crippen molar-refractivity contribution < 1.29 is 19.5 Å². The Morgan fingerprint density at radius 2 is 0.956 bits per heavy atom. The Hall–Kier alpha value is -5.92. The van der Waals surface area contributed by atoms with Crippen LogP contribution in [0.5, 0.6) is 0 Å². The second-order valence-corrected chi connectivity index (χ2v) is 10.8. The molecule has 210 valence electrons. The first kappa shape index (κ1) is 16.8. The van der Waals surface area contributed by atoms with Gasteiger partial charge in [-0.1, -0.05) is 151 Å². The molecule has 0 N–H and O–H groups in total. The van der Waals surface area contributed by atoms with Crippen molar-refractivity contribution >= 4 is 43.5 Å². The minimum atomic E-state index is -0.642. The second-order valence-electron chi connectivity index (χ2n) is 10.8. The molecule has 9 rings (SSSR count). The SMILES string of the molecule is [2H]c1c([2H])c([2H])c(-c2c([2H])c(-c3c4ccccc4c(-c4ccccc4-c4ccccc4)c4ccccc34)c([2H])c3oc4c([2H])c([2H])c([2H])c([2H])c4c23)c([2H])c1[2H]. The van der Waals surface area contributed by atoms with Gasteiger partial charge in [0, 0.05) is 10.8 Å². The van der Waals surface area contributed by atoms with Gasteiger partial charge in [-0.2, -0.15) is 0 Å². The Morgan fingerprint density at radius 1 is 0.378 bits per heavy atom. The number of fused-ring (bicyclic) bond motifs is 5. The Labute approximate surface area is 277 Å². The van der Waals surface area contributed by atoms with Gasteiger partial charge in [0.25, 0.3) is 0 Å². The molecule has 0 amide bonds. The van der Waals surface area contributed by atoms with E-state index < -0.39 is 54.4 Å². The third-order valence-corrected chi connectivity index (χ3v) is 8.29. The van der Waals surface area contributed by atoms with Crippen molar-refractivity contribution in [2.45, 2.75) is 0 Å². The summed E-state index contributed by atoms with van der Waals surface area (Å²) in [5.74, 6) is 0. The summed E-state index contributed by atoms with van der Waals surface area (Å²) in [6, 6.07) is 27.6. The molecule has 0 bridgehead atoms. The Morgan fingerprint density at radius 3 is 1.67 bits per heavy atom. The van der Waals surface area contributed by atoms with E-state index in [9.17, 15) is 2.74 Å². The smallest absolute Gasteiger partial charge is 0.136 e.